The van der Waals surface area contributed by atoms with Crippen LogP contribution in [0.1, 0.15) is 33.6 Å². The molecule has 0 radical (unpaired) electrons. The van der Waals surface area contributed by atoms with Crippen molar-refractivity contribution in [2.24, 2.45) is 0 Å². The number of aromatic nitrogens is 1. The first-order valence-electron chi connectivity index (χ1n) is 8.75. The fraction of sp³-hybridized carbons (Fsp3) is 0.667. The molecule has 1 aromatic rings. The third kappa shape index (κ3) is 4.39. The van der Waals surface area contributed by atoms with Gasteiger partial charge in [0.05, 0.1) is 18.4 Å². The van der Waals surface area contributed by atoms with Crippen molar-refractivity contribution in [3.63, 3.8) is 0 Å². The monoisotopic (exact) mass is 351 g/mol. The number of halogens is 1. The van der Waals surface area contributed by atoms with Crippen molar-refractivity contribution < 1.29 is 18.7 Å². The number of carbonyl (C=O) groups excluding carboxylic acids is 1. The van der Waals surface area contributed by atoms with Crippen molar-refractivity contribution in [2.45, 2.75) is 44.8 Å². The lowest BCUT2D eigenvalue weighted by Crippen LogP contribution is -2.58. The summed E-state index contributed by atoms with van der Waals surface area (Å²) in [6.45, 7) is 8.87. The molecule has 0 bridgehead atoms. The van der Waals surface area contributed by atoms with Crippen molar-refractivity contribution in [3.05, 3.63) is 24.1 Å². The van der Waals surface area contributed by atoms with Crippen molar-refractivity contribution in [1.29, 1.82) is 0 Å². The van der Waals surface area contributed by atoms with E-state index in [4.69, 9.17) is 9.47 Å². The minimum atomic E-state index is -0.487. The topological polar surface area (TPSA) is 54.9 Å². The van der Waals surface area contributed by atoms with E-state index >= 15 is 0 Å². The number of piperidine rings is 1. The van der Waals surface area contributed by atoms with Crippen LogP contribution in [0.2, 0.25) is 0 Å². The lowest BCUT2D eigenvalue weighted by Gasteiger charge is -2.47. The van der Waals surface area contributed by atoms with E-state index in [1.165, 1.54) is 12.3 Å². The Hall–Kier alpha value is -1.89. The number of pyridine rings is 1. The van der Waals surface area contributed by atoms with Gasteiger partial charge in [-0.1, -0.05) is 0 Å². The quantitative estimate of drug-likeness (QED) is 0.779. The minimum absolute atomic E-state index is 0.268. The van der Waals surface area contributed by atoms with Gasteiger partial charge < -0.3 is 19.3 Å². The van der Waals surface area contributed by atoms with Crippen LogP contribution in [0.5, 0.6) is 0 Å². The Morgan fingerprint density at radius 3 is 2.60 bits per heavy atom. The molecule has 1 spiro atoms. The van der Waals surface area contributed by atoms with Crippen molar-refractivity contribution in [1.82, 2.24) is 9.88 Å². The second-order valence-corrected chi connectivity index (χ2v) is 7.76. The Morgan fingerprint density at radius 1 is 1.28 bits per heavy atom. The van der Waals surface area contributed by atoms with E-state index in [2.05, 4.69) is 9.88 Å². The van der Waals surface area contributed by atoms with Crippen LogP contribution in [0.25, 0.3) is 0 Å². The average molecular weight is 351 g/mol. The van der Waals surface area contributed by atoms with E-state index in [0.717, 1.165) is 25.2 Å². The van der Waals surface area contributed by atoms with Gasteiger partial charge in [0.2, 0.25) is 0 Å². The molecule has 1 amide bonds. The highest BCUT2D eigenvalue weighted by molar-refractivity contribution is 5.68. The Bertz CT molecular complexity index is 607. The van der Waals surface area contributed by atoms with E-state index in [9.17, 15) is 9.18 Å². The molecule has 0 saturated carbocycles. The maximum Gasteiger partial charge on any atom is 0.410 e. The Labute approximate surface area is 147 Å². The number of likely N-dealkylation sites (tertiary alicyclic amines) is 1. The highest BCUT2D eigenvalue weighted by Crippen LogP contribution is 2.32. The predicted molar refractivity (Wildman–Crippen MR) is 92.1 cm³/mol. The molecular formula is C18H26FN3O3. The molecule has 7 heteroatoms. The normalized spacial score (nSPS) is 20.6. The number of nitrogens with zero attached hydrogens (tertiary/aromatic N) is 3. The molecule has 0 unspecified atom stereocenters. The van der Waals surface area contributed by atoms with Gasteiger partial charge in [-0.2, -0.15) is 0 Å². The largest absolute Gasteiger partial charge is 0.444 e. The minimum Gasteiger partial charge on any atom is -0.444 e. The van der Waals surface area contributed by atoms with Crippen molar-refractivity contribution >= 4 is 11.9 Å². The summed E-state index contributed by atoms with van der Waals surface area (Å²) in [6, 6.07) is 3.12. The Kier molecular flexibility index (Phi) is 4.86. The Balaban J connectivity index is 1.60. The molecule has 25 heavy (non-hydrogen) atoms. The highest BCUT2D eigenvalue weighted by atomic mass is 19.1. The zero-order chi connectivity index (χ0) is 18.1. The van der Waals surface area contributed by atoms with E-state index in [1.807, 2.05) is 20.8 Å². The van der Waals surface area contributed by atoms with E-state index in [0.29, 0.717) is 26.2 Å². The number of hydrogen-bond acceptors (Lipinski definition) is 5. The molecule has 2 aliphatic heterocycles. The number of morpholine rings is 1. The fourth-order valence-corrected chi connectivity index (χ4v) is 3.32. The molecule has 0 N–H and O–H groups in total. The first-order valence-corrected chi connectivity index (χ1v) is 8.75. The third-order valence-electron chi connectivity index (χ3n) is 4.61. The smallest absolute Gasteiger partial charge is 0.410 e. The summed E-state index contributed by atoms with van der Waals surface area (Å²) in [7, 11) is 0. The van der Waals surface area contributed by atoms with Crippen LogP contribution < -0.4 is 4.90 Å². The molecule has 2 fully saturated rings. The van der Waals surface area contributed by atoms with E-state index in [1.54, 1.807) is 11.0 Å². The molecule has 6 nitrogen and oxygen atoms in total. The number of anilines is 1. The summed E-state index contributed by atoms with van der Waals surface area (Å²) in [6.07, 6.45) is 2.48. The van der Waals surface area contributed by atoms with Crippen LogP contribution in [0.4, 0.5) is 15.0 Å². The third-order valence-corrected chi connectivity index (χ3v) is 4.61. The summed E-state index contributed by atoms with van der Waals surface area (Å²) < 4.78 is 24.6. The van der Waals surface area contributed by atoms with Gasteiger partial charge in [-0.15, -0.1) is 0 Å². The number of ether oxygens (including phenoxy) is 2. The second kappa shape index (κ2) is 6.78. The van der Waals surface area contributed by atoms with Gasteiger partial charge in [0.15, 0.2) is 0 Å². The molecule has 0 atom stereocenters. The molecule has 3 heterocycles. The van der Waals surface area contributed by atoms with Gasteiger partial charge in [-0.05, 0) is 45.7 Å². The molecule has 3 rings (SSSR count). The van der Waals surface area contributed by atoms with Gasteiger partial charge in [-0.25, -0.2) is 14.2 Å². The average Bonchev–Trinajstić information content (AvgIpc) is 2.54. The molecule has 2 saturated heterocycles. The molecule has 0 aromatic carbocycles. The number of amides is 1. The molecule has 1 aromatic heterocycles. The summed E-state index contributed by atoms with van der Waals surface area (Å²) in [4.78, 5) is 20.3. The summed E-state index contributed by atoms with van der Waals surface area (Å²) in [5, 5.41) is 0. The number of carbonyl (C=O) groups is 1. The van der Waals surface area contributed by atoms with Crippen LogP contribution in [0.3, 0.4) is 0 Å². The first kappa shape index (κ1) is 17.9. The lowest BCUT2D eigenvalue weighted by atomic mass is 9.89. The summed E-state index contributed by atoms with van der Waals surface area (Å²) in [5.74, 6) is 0.427. The van der Waals surface area contributed by atoms with E-state index in [-0.39, 0.29) is 17.5 Å². The van der Waals surface area contributed by atoms with Crippen LogP contribution in [-0.4, -0.2) is 60.0 Å². The van der Waals surface area contributed by atoms with Crippen LogP contribution >= 0.6 is 0 Å². The zero-order valence-electron chi connectivity index (χ0n) is 15.1. The van der Waals surface area contributed by atoms with Crippen LogP contribution in [0.15, 0.2) is 18.3 Å². The van der Waals surface area contributed by atoms with Crippen molar-refractivity contribution in [2.75, 3.05) is 37.7 Å². The van der Waals surface area contributed by atoms with Crippen LogP contribution in [-0.2, 0) is 9.47 Å². The number of hydrogen-bond donors (Lipinski definition) is 0. The van der Waals surface area contributed by atoms with Crippen LogP contribution in [0, 0.1) is 5.82 Å². The molecule has 2 aliphatic rings. The molecule has 0 aliphatic carbocycles. The first-order chi connectivity index (χ1) is 11.8. The SMILES string of the molecule is CC(C)(C)OC(=O)N1CCC2(CC1)CN(c1ccc(F)cn1)CCO2. The van der Waals surface area contributed by atoms with Gasteiger partial charge in [0.1, 0.15) is 17.2 Å². The highest BCUT2D eigenvalue weighted by Gasteiger charge is 2.41. The van der Waals surface area contributed by atoms with Gasteiger partial charge >= 0.3 is 6.09 Å². The fourth-order valence-electron chi connectivity index (χ4n) is 3.32. The van der Waals surface area contributed by atoms with Gasteiger partial charge in [0.25, 0.3) is 0 Å². The predicted octanol–water partition coefficient (Wildman–Crippen LogP) is 2.83. The van der Waals surface area contributed by atoms with E-state index < -0.39 is 5.60 Å². The van der Waals surface area contributed by atoms with Gasteiger partial charge in [-0.3, -0.25) is 0 Å². The molecule has 138 valence electrons. The maximum absolute atomic E-state index is 13.1. The second-order valence-electron chi connectivity index (χ2n) is 7.76. The lowest BCUT2D eigenvalue weighted by molar-refractivity contribution is -0.0913. The summed E-state index contributed by atoms with van der Waals surface area (Å²) in [5.41, 5.74) is -0.772. The molecular weight excluding hydrogens is 325 g/mol. The maximum atomic E-state index is 13.1. The van der Waals surface area contributed by atoms with Crippen molar-refractivity contribution in [3.8, 4) is 0 Å². The Morgan fingerprint density at radius 2 is 2.00 bits per heavy atom. The summed E-state index contributed by atoms with van der Waals surface area (Å²) >= 11 is 0. The zero-order valence-corrected chi connectivity index (χ0v) is 15.1. The van der Waals surface area contributed by atoms with Gasteiger partial charge in [0, 0.05) is 26.2 Å². The standard InChI is InChI=1S/C18H26FN3O3/c1-17(2,3)25-16(23)21-8-6-18(7-9-21)13-22(10-11-24-18)15-5-4-14(19)12-20-15/h4-5,12H,6-11,13H2,1-3H3. The number of rotatable bonds is 1.